The van der Waals surface area contributed by atoms with Gasteiger partial charge in [-0.25, -0.2) is 4.98 Å². The second kappa shape index (κ2) is 7.18. The van der Waals surface area contributed by atoms with E-state index in [1.54, 1.807) is 12.1 Å². The number of halogens is 2. The van der Waals surface area contributed by atoms with Gasteiger partial charge in [-0.05, 0) is 31.4 Å². The van der Waals surface area contributed by atoms with Gasteiger partial charge in [0, 0.05) is 22.9 Å². The second-order valence-corrected chi connectivity index (χ2v) is 7.45. The van der Waals surface area contributed by atoms with Crippen molar-refractivity contribution in [2.45, 2.75) is 31.7 Å². The minimum absolute atomic E-state index is 0.00568. The van der Waals surface area contributed by atoms with Gasteiger partial charge < -0.3 is 11.1 Å². The molecule has 1 aromatic heterocycles. The van der Waals surface area contributed by atoms with Gasteiger partial charge in [-0.3, -0.25) is 4.79 Å². The lowest BCUT2D eigenvalue weighted by molar-refractivity contribution is -0.120. The van der Waals surface area contributed by atoms with Crippen LogP contribution in [0.4, 0.5) is 5.82 Å². The molecule has 122 valence electrons. The van der Waals surface area contributed by atoms with E-state index < -0.39 is 0 Å². The van der Waals surface area contributed by atoms with Gasteiger partial charge in [0.05, 0.1) is 10.0 Å². The lowest BCUT2D eigenvalue weighted by Gasteiger charge is -2.25. The van der Waals surface area contributed by atoms with E-state index in [1.807, 2.05) is 11.4 Å². The summed E-state index contributed by atoms with van der Waals surface area (Å²) >= 11 is 13.4. The van der Waals surface area contributed by atoms with Crippen molar-refractivity contribution in [2.75, 3.05) is 5.32 Å². The van der Waals surface area contributed by atoms with Crippen molar-refractivity contribution in [3.63, 3.8) is 0 Å². The Morgan fingerprint density at radius 1 is 1.30 bits per heavy atom. The number of thiazole rings is 1. The molecule has 0 bridgehead atoms. The van der Waals surface area contributed by atoms with Gasteiger partial charge in [0.15, 0.2) is 0 Å². The summed E-state index contributed by atoms with van der Waals surface area (Å²) in [5.74, 6) is 0.556. The first kappa shape index (κ1) is 16.7. The molecule has 2 atom stereocenters. The molecule has 1 aliphatic carbocycles. The third-order valence-electron chi connectivity index (χ3n) is 4.01. The molecule has 0 aliphatic heterocycles. The number of carbonyl (C=O) groups excluding carboxylic acids is 1. The predicted molar refractivity (Wildman–Crippen MR) is 96.1 cm³/mol. The molecule has 0 spiro atoms. The Labute approximate surface area is 149 Å². The van der Waals surface area contributed by atoms with Crippen LogP contribution in [0, 0.1) is 5.92 Å². The van der Waals surface area contributed by atoms with Crippen LogP contribution in [0.1, 0.15) is 25.7 Å². The van der Waals surface area contributed by atoms with E-state index in [0.717, 1.165) is 36.3 Å². The molecule has 1 saturated carbocycles. The lowest BCUT2D eigenvalue weighted by atomic mass is 9.85. The van der Waals surface area contributed by atoms with Crippen molar-refractivity contribution in [1.82, 2.24) is 4.98 Å². The number of nitrogens with two attached hydrogens (primary N) is 1. The summed E-state index contributed by atoms with van der Waals surface area (Å²) in [6, 6.07) is 5.50. The Morgan fingerprint density at radius 3 is 2.87 bits per heavy atom. The first-order valence-corrected chi connectivity index (χ1v) is 9.14. The average Bonchev–Trinajstić information content (AvgIpc) is 2.98. The Kier molecular flexibility index (Phi) is 5.21. The molecule has 0 saturated heterocycles. The maximum absolute atomic E-state index is 12.3. The lowest BCUT2D eigenvalue weighted by Crippen LogP contribution is -2.34. The van der Waals surface area contributed by atoms with Crippen molar-refractivity contribution < 1.29 is 4.79 Å². The summed E-state index contributed by atoms with van der Waals surface area (Å²) in [5, 5.41) is 6.51. The fourth-order valence-electron chi connectivity index (χ4n) is 2.79. The zero-order valence-electron chi connectivity index (χ0n) is 12.4. The van der Waals surface area contributed by atoms with Crippen LogP contribution in [-0.2, 0) is 4.79 Å². The molecule has 23 heavy (non-hydrogen) atoms. The number of hydrogen-bond donors (Lipinski definition) is 2. The molecule has 1 heterocycles. The molecule has 1 fully saturated rings. The standard InChI is InChI=1S/C16H17Cl2N3OS/c17-12-5-4-10(7-13(12)18)16-21-14(8-23-16)20-15(22)9-2-1-3-11(19)6-9/h4-5,7-9,11H,1-3,6,19H2,(H,20,22)/t9-,11+/m1/s1. The average molecular weight is 370 g/mol. The summed E-state index contributed by atoms with van der Waals surface area (Å²) in [6.45, 7) is 0. The van der Waals surface area contributed by atoms with Crippen LogP contribution in [0.3, 0.4) is 0 Å². The highest BCUT2D eigenvalue weighted by atomic mass is 35.5. The number of benzene rings is 1. The van der Waals surface area contributed by atoms with Crippen LogP contribution in [0.5, 0.6) is 0 Å². The molecule has 7 heteroatoms. The van der Waals surface area contributed by atoms with Crippen LogP contribution in [0.2, 0.25) is 10.0 Å². The predicted octanol–water partition coefficient (Wildman–Crippen LogP) is 4.57. The van der Waals surface area contributed by atoms with Crippen LogP contribution in [0.15, 0.2) is 23.6 Å². The molecule has 3 N–H and O–H groups in total. The van der Waals surface area contributed by atoms with Crippen molar-refractivity contribution in [1.29, 1.82) is 0 Å². The molecule has 2 aromatic rings. The summed E-state index contributed by atoms with van der Waals surface area (Å²) in [6.07, 6.45) is 3.64. The largest absolute Gasteiger partial charge is 0.328 e. The number of rotatable bonds is 3. The number of anilines is 1. The molecule has 4 nitrogen and oxygen atoms in total. The zero-order valence-corrected chi connectivity index (χ0v) is 14.7. The van der Waals surface area contributed by atoms with Gasteiger partial charge in [-0.15, -0.1) is 11.3 Å². The van der Waals surface area contributed by atoms with E-state index in [9.17, 15) is 4.79 Å². The maximum Gasteiger partial charge on any atom is 0.228 e. The van der Waals surface area contributed by atoms with Crippen LogP contribution in [-0.4, -0.2) is 16.9 Å². The number of carbonyl (C=O) groups is 1. The summed E-state index contributed by atoms with van der Waals surface area (Å²) in [5.41, 5.74) is 6.83. The topological polar surface area (TPSA) is 68.0 Å². The summed E-state index contributed by atoms with van der Waals surface area (Å²) in [7, 11) is 0. The molecule has 3 rings (SSSR count). The number of hydrogen-bond acceptors (Lipinski definition) is 4. The van der Waals surface area contributed by atoms with E-state index in [1.165, 1.54) is 11.3 Å². The van der Waals surface area contributed by atoms with Gasteiger partial charge >= 0.3 is 0 Å². The zero-order chi connectivity index (χ0) is 16.4. The van der Waals surface area contributed by atoms with E-state index in [0.29, 0.717) is 15.9 Å². The van der Waals surface area contributed by atoms with Crippen LogP contribution >= 0.6 is 34.5 Å². The molecule has 1 amide bonds. The smallest absolute Gasteiger partial charge is 0.228 e. The Balaban J connectivity index is 1.69. The van der Waals surface area contributed by atoms with E-state index in [-0.39, 0.29) is 17.9 Å². The molecular weight excluding hydrogens is 353 g/mol. The summed E-state index contributed by atoms with van der Waals surface area (Å²) in [4.78, 5) is 16.8. The SMILES string of the molecule is N[C@H]1CCC[C@@H](C(=O)Nc2csc(-c3ccc(Cl)c(Cl)c3)n2)C1. The van der Waals surface area contributed by atoms with Crippen molar-refractivity contribution in [2.24, 2.45) is 11.7 Å². The van der Waals surface area contributed by atoms with Gasteiger partial charge in [-0.1, -0.05) is 35.7 Å². The summed E-state index contributed by atoms with van der Waals surface area (Å²) < 4.78 is 0. The quantitative estimate of drug-likeness (QED) is 0.832. The highest BCUT2D eigenvalue weighted by molar-refractivity contribution is 7.13. The minimum Gasteiger partial charge on any atom is -0.328 e. The molecular formula is C16H17Cl2N3OS. The number of amides is 1. The molecule has 0 radical (unpaired) electrons. The van der Waals surface area contributed by atoms with Crippen molar-refractivity contribution >= 4 is 46.3 Å². The van der Waals surface area contributed by atoms with Crippen molar-refractivity contribution in [3.8, 4) is 10.6 Å². The number of nitrogens with one attached hydrogen (secondary N) is 1. The van der Waals surface area contributed by atoms with Gasteiger partial charge in [-0.2, -0.15) is 0 Å². The second-order valence-electron chi connectivity index (χ2n) is 5.78. The van der Waals surface area contributed by atoms with Crippen LogP contribution < -0.4 is 11.1 Å². The highest BCUT2D eigenvalue weighted by Crippen LogP contribution is 2.32. The Bertz CT molecular complexity index is 719. The van der Waals surface area contributed by atoms with Crippen molar-refractivity contribution in [3.05, 3.63) is 33.6 Å². The number of nitrogens with zero attached hydrogens (tertiary/aromatic N) is 1. The first-order valence-electron chi connectivity index (χ1n) is 7.50. The monoisotopic (exact) mass is 369 g/mol. The minimum atomic E-state index is -0.0196. The van der Waals surface area contributed by atoms with E-state index in [4.69, 9.17) is 28.9 Å². The third-order valence-corrected chi connectivity index (χ3v) is 5.64. The highest BCUT2D eigenvalue weighted by Gasteiger charge is 2.25. The van der Waals surface area contributed by atoms with Gasteiger partial charge in [0.1, 0.15) is 10.8 Å². The Morgan fingerprint density at radius 2 is 2.13 bits per heavy atom. The molecule has 0 unspecified atom stereocenters. The fourth-order valence-corrected chi connectivity index (χ4v) is 3.83. The van der Waals surface area contributed by atoms with Crippen LogP contribution in [0.25, 0.3) is 10.6 Å². The van der Waals surface area contributed by atoms with Gasteiger partial charge in [0.2, 0.25) is 5.91 Å². The first-order chi connectivity index (χ1) is 11.0. The normalized spacial score (nSPS) is 21.2. The van der Waals surface area contributed by atoms with Gasteiger partial charge in [0.25, 0.3) is 0 Å². The Hall–Kier alpha value is -1.14. The third kappa shape index (κ3) is 4.04. The van der Waals surface area contributed by atoms with E-state index >= 15 is 0 Å². The molecule has 1 aromatic carbocycles. The fraction of sp³-hybridized carbons (Fsp3) is 0.375. The molecule has 1 aliphatic rings. The number of aromatic nitrogens is 1. The maximum atomic E-state index is 12.3. The van der Waals surface area contributed by atoms with E-state index in [2.05, 4.69) is 10.3 Å².